The van der Waals surface area contributed by atoms with Gasteiger partial charge in [-0.3, -0.25) is 0 Å². The second-order valence-corrected chi connectivity index (χ2v) is 4.78. The van der Waals surface area contributed by atoms with Gasteiger partial charge in [0.1, 0.15) is 17.7 Å². The molecule has 0 saturated carbocycles. The molecular weight excluding hydrogens is 238 g/mol. The Bertz CT molecular complexity index is 546. The van der Waals surface area contributed by atoms with Crippen LogP contribution in [-0.4, -0.2) is 22.6 Å². The zero-order chi connectivity index (χ0) is 13.1. The molecule has 1 atom stereocenters. The molecule has 4 heteroatoms. The van der Waals surface area contributed by atoms with E-state index in [0.29, 0.717) is 0 Å². The van der Waals surface area contributed by atoms with E-state index in [1.165, 1.54) is 5.56 Å². The fourth-order valence-electron chi connectivity index (χ4n) is 2.33. The standard InChI is InChI=1S/C15H17N3O/c1-11-17-7-6-13(18-11)9-16-10-14-8-12-4-2-3-5-15(12)19-14/h2-7,14,16H,8-10H2,1H3. The summed E-state index contributed by atoms with van der Waals surface area (Å²) in [5, 5.41) is 3.39. The molecule has 98 valence electrons. The second-order valence-electron chi connectivity index (χ2n) is 4.78. The molecule has 3 rings (SSSR count). The number of para-hydroxylation sites is 1. The predicted octanol–water partition coefficient (Wildman–Crippen LogP) is 1.88. The molecule has 0 bridgehead atoms. The van der Waals surface area contributed by atoms with Gasteiger partial charge in [0.2, 0.25) is 0 Å². The summed E-state index contributed by atoms with van der Waals surface area (Å²) in [5.74, 6) is 1.83. The van der Waals surface area contributed by atoms with Crippen LogP contribution < -0.4 is 10.1 Å². The Morgan fingerprint density at radius 3 is 3.05 bits per heavy atom. The summed E-state index contributed by atoms with van der Waals surface area (Å²) < 4.78 is 5.87. The lowest BCUT2D eigenvalue weighted by atomic mass is 10.1. The van der Waals surface area contributed by atoms with Crippen LogP contribution in [0.1, 0.15) is 17.1 Å². The number of aromatic nitrogens is 2. The van der Waals surface area contributed by atoms with Crippen molar-refractivity contribution in [2.75, 3.05) is 6.54 Å². The summed E-state index contributed by atoms with van der Waals surface area (Å²) in [5.41, 5.74) is 2.31. The summed E-state index contributed by atoms with van der Waals surface area (Å²) in [6.07, 6.45) is 2.99. The van der Waals surface area contributed by atoms with Crippen molar-refractivity contribution in [1.82, 2.24) is 15.3 Å². The maximum absolute atomic E-state index is 5.87. The van der Waals surface area contributed by atoms with Gasteiger partial charge in [-0.15, -0.1) is 0 Å². The molecule has 1 aliphatic heterocycles. The highest BCUT2D eigenvalue weighted by Crippen LogP contribution is 2.27. The number of hydrogen-bond donors (Lipinski definition) is 1. The lowest BCUT2D eigenvalue weighted by Gasteiger charge is -2.11. The molecule has 0 spiro atoms. The molecule has 1 N–H and O–H groups in total. The van der Waals surface area contributed by atoms with Crippen LogP contribution in [0.25, 0.3) is 0 Å². The number of aryl methyl sites for hydroxylation is 1. The summed E-state index contributed by atoms with van der Waals surface area (Å²) in [7, 11) is 0. The SMILES string of the molecule is Cc1nccc(CNCC2Cc3ccccc3O2)n1. The molecule has 0 fully saturated rings. The minimum atomic E-state index is 0.223. The Labute approximate surface area is 112 Å². The number of hydrogen-bond acceptors (Lipinski definition) is 4. The third-order valence-electron chi connectivity index (χ3n) is 3.23. The van der Waals surface area contributed by atoms with E-state index in [4.69, 9.17) is 4.74 Å². The molecule has 1 unspecified atom stereocenters. The van der Waals surface area contributed by atoms with E-state index in [1.54, 1.807) is 6.20 Å². The number of fused-ring (bicyclic) bond motifs is 1. The molecule has 19 heavy (non-hydrogen) atoms. The molecular formula is C15H17N3O. The molecule has 1 aliphatic rings. The highest BCUT2D eigenvalue weighted by Gasteiger charge is 2.21. The van der Waals surface area contributed by atoms with Gasteiger partial charge in [0.25, 0.3) is 0 Å². The number of nitrogens with zero attached hydrogens (tertiary/aromatic N) is 2. The van der Waals surface area contributed by atoms with Crippen molar-refractivity contribution in [3.05, 3.63) is 53.6 Å². The van der Waals surface area contributed by atoms with Crippen LogP contribution in [0, 0.1) is 6.92 Å². The van der Waals surface area contributed by atoms with Gasteiger partial charge in [0, 0.05) is 25.7 Å². The van der Waals surface area contributed by atoms with Crippen LogP contribution in [0.5, 0.6) is 5.75 Å². The average molecular weight is 255 g/mol. The topological polar surface area (TPSA) is 47.0 Å². The monoisotopic (exact) mass is 255 g/mol. The summed E-state index contributed by atoms with van der Waals surface area (Å²) >= 11 is 0. The summed E-state index contributed by atoms with van der Waals surface area (Å²) in [6, 6.07) is 10.2. The Balaban J connectivity index is 1.50. The first-order chi connectivity index (χ1) is 9.31. The molecule has 2 aromatic rings. The zero-order valence-corrected chi connectivity index (χ0v) is 11.0. The van der Waals surface area contributed by atoms with Crippen molar-refractivity contribution in [3.8, 4) is 5.75 Å². The van der Waals surface area contributed by atoms with Gasteiger partial charge in [0.15, 0.2) is 0 Å². The molecule has 0 radical (unpaired) electrons. The molecule has 1 aromatic heterocycles. The predicted molar refractivity (Wildman–Crippen MR) is 73.0 cm³/mol. The lowest BCUT2D eigenvalue weighted by molar-refractivity contribution is 0.227. The van der Waals surface area contributed by atoms with Gasteiger partial charge in [0.05, 0.1) is 5.69 Å². The van der Waals surface area contributed by atoms with E-state index in [0.717, 1.165) is 36.8 Å². The third kappa shape index (κ3) is 2.90. The van der Waals surface area contributed by atoms with Crippen molar-refractivity contribution in [3.63, 3.8) is 0 Å². The van der Waals surface area contributed by atoms with Crippen molar-refractivity contribution >= 4 is 0 Å². The average Bonchev–Trinajstić information content (AvgIpc) is 2.81. The first kappa shape index (κ1) is 12.1. The van der Waals surface area contributed by atoms with Gasteiger partial charge >= 0.3 is 0 Å². The number of benzene rings is 1. The molecule has 4 nitrogen and oxygen atoms in total. The van der Waals surface area contributed by atoms with Crippen molar-refractivity contribution in [2.24, 2.45) is 0 Å². The summed E-state index contributed by atoms with van der Waals surface area (Å²) in [4.78, 5) is 8.45. The smallest absolute Gasteiger partial charge is 0.125 e. The molecule has 1 aromatic carbocycles. The number of ether oxygens (including phenoxy) is 1. The first-order valence-electron chi connectivity index (χ1n) is 6.55. The second kappa shape index (κ2) is 5.36. The van der Waals surface area contributed by atoms with Gasteiger partial charge in [-0.05, 0) is 24.6 Å². The van der Waals surface area contributed by atoms with Crippen LogP contribution >= 0.6 is 0 Å². The van der Waals surface area contributed by atoms with E-state index < -0.39 is 0 Å². The number of rotatable bonds is 4. The minimum absolute atomic E-state index is 0.223. The van der Waals surface area contributed by atoms with Gasteiger partial charge in [-0.2, -0.15) is 0 Å². The highest BCUT2D eigenvalue weighted by molar-refractivity contribution is 5.37. The van der Waals surface area contributed by atoms with E-state index in [-0.39, 0.29) is 6.10 Å². The molecule has 0 saturated heterocycles. The van der Waals surface area contributed by atoms with Gasteiger partial charge in [-0.25, -0.2) is 9.97 Å². The maximum atomic E-state index is 5.87. The van der Waals surface area contributed by atoms with Gasteiger partial charge < -0.3 is 10.1 Å². The van der Waals surface area contributed by atoms with E-state index >= 15 is 0 Å². The number of nitrogens with one attached hydrogen (secondary N) is 1. The van der Waals surface area contributed by atoms with Crippen LogP contribution in [0.4, 0.5) is 0 Å². The van der Waals surface area contributed by atoms with Crippen LogP contribution in [-0.2, 0) is 13.0 Å². The van der Waals surface area contributed by atoms with Crippen LogP contribution in [0.3, 0.4) is 0 Å². The Kier molecular flexibility index (Phi) is 3.42. The third-order valence-corrected chi connectivity index (χ3v) is 3.23. The van der Waals surface area contributed by atoms with Crippen molar-refractivity contribution < 1.29 is 4.74 Å². The zero-order valence-electron chi connectivity index (χ0n) is 11.0. The fraction of sp³-hybridized carbons (Fsp3) is 0.333. The molecule has 0 amide bonds. The van der Waals surface area contributed by atoms with Crippen LogP contribution in [0.2, 0.25) is 0 Å². The van der Waals surface area contributed by atoms with E-state index in [9.17, 15) is 0 Å². The largest absolute Gasteiger partial charge is 0.488 e. The first-order valence-corrected chi connectivity index (χ1v) is 6.55. The Hall–Kier alpha value is -1.94. The quantitative estimate of drug-likeness (QED) is 0.906. The minimum Gasteiger partial charge on any atom is -0.488 e. The van der Waals surface area contributed by atoms with Crippen molar-refractivity contribution in [2.45, 2.75) is 26.0 Å². The fourth-order valence-corrected chi connectivity index (χ4v) is 2.33. The van der Waals surface area contributed by atoms with E-state index in [2.05, 4.69) is 27.4 Å². The van der Waals surface area contributed by atoms with Crippen molar-refractivity contribution in [1.29, 1.82) is 0 Å². The summed E-state index contributed by atoms with van der Waals surface area (Å²) in [6.45, 7) is 3.48. The molecule has 0 aliphatic carbocycles. The van der Waals surface area contributed by atoms with Crippen LogP contribution in [0.15, 0.2) is 36.5 Å². The lowest BCUT2D eigenvalue weighted by Crippen LogP contribution is -2.30. The Morgan fingerprint density at radius 1 is 1.32 bits per heavy atom. The highest BCUT2D eigenvalue weighted by atomic mass is 16.5. The van der Waals surface area contributed by atoms with Gasteiger partial charge in [-0.1, -0.05) is 18.2 Å². The molecule has 2 heterocycles. The van der Waals surface area contributed by atoms with E-state index in [1.807, 2.05) is 25.1 Å². The Morgan fingerprint density at radius 2 is 2.21 bits per heavy atom. The maximum Gasteiger partial charge on any atom is 0.125 e. The normalized spacial score (nSPS) is 17.0.